The van der Waals surface area contributed by atoms with Gasteiger partial charge in [0.1, 0.15) is 0 Å². The van der Waals surface area contributed by atoms with Crippen molar-refractivity contribution in [2.75, 3.05) is 18.0 Å². The van der Waals surface area contributed by atoms with E-state index in [9.17, 15) is 0 Å². The van der Waals surface area contributed by atoms with Gasteiger partial charge in [-0.3, -0.25) is 0 Å². The first-order valence-corrected chi connectivity index (χ1v) is 7.25. The molecule has 2 heteroatoms. The largest absolute Gasteiger partial charge is 0.371 e. The highest BCUT2D eigenvalue weighted by Crippen LogP contribution is 2.24. The Kier molecular flexibility index (Phi) is 5.89. The van der Waals surface area contributed by atoms with Crippen molar-refractivity contribution in [3.05, 3.63) is 29.3 Å². The Bertz CT molecular complexity index is 317. The van der Waals surface area contributed by atoms with Crippen LogP contribution < -0.4 is 4.90 Å². The van der Waals surface area contributed by atoms with Gasteiger partial charge in [0.25, 0.3) is 0 Å². The molecule has 1 aromatic carbocycles. The fourth-order valence-corrected chi connectivity index (χ4v) is 2.47. The van der Waals surface area contributed by atoms with Crippen LogP contribution in [0.15, 0.2) is 18.2 Å². The summed E-state index contributed by atoms with van der Waals surface area (Å²) in [6, 6.07) is 6.75. The lowest BCUT2D eigenvalue weighted by Crippen LogP contribution is -2.25. The second-order valence-electron chi connectivity index (χ2n) is 4.25. The molecule has 1 aromatic rings. The molecular weight excluding hydrogens is 262 g/mol. The van der Waals surface area contributed by atoms with Crippen LogP contribution in [0, 0.1) is 6.92 Å². The van der Waals surface area contributed by atoms with Crippen molar-refractivity contribution in [2.24, 2.45) is 0 Å². The minimum absolute atomic E-state index is 0.938. The van der Waals surface area contributed by atoms with E-state index in [-0.39, 0.29) is 0 Å². The van der Waals surface area contributed by atoms with Gasteiger partial charge in [-0.05, 0) is 31.4 Å². The van der Waals surface area contributed by atoms with Gasteiger partial charge in [-0.25, -0.2) is 0 Å². The number of anilines is 1. The highest BCUT2D eigenvalue weighted by Gasteiger charge is 2.09. The molecule has 0 spiro atoms. The quantitative estimate of drug-likeness (QED) is 0.694. The van der Waals surface area contributed by atoms with Gasteiger partial charge in [-0.15, -0.1) is 0 Å². The smallest absolute Gasteiger partial charge is 0.0407 e. The Balaban J connectivity index is 2.97. The maximum atomic E-state index is 3.59. The molecule has 0 radical (unpaired) electrons. The van der Waals surface area contributed by atoms with Crippen LogP contribution in [0.4, 0.5) is 5.69 Å². The van der Waals surface area contributed by atoms with Gasteiger partial charge in [-0.2, -0.15) is 0 Å². The van der Waals surface area contributed by atoms with E-state index in [1.807, 2.05) is 0 Å². The molecule has 0 aliphatic rings. The standard InChI is InChI=1S/C14H22BrN/c1-4-8-16(9-5-2)14-7-6-12(3)10-13(14)11-15/h6-7,10H,4-5,8-9,11H2,1-3H3. The Morgan fingerprint density at radius 2 is 1.75 bits per heavy atom. The number of nitrogens with zero attached hydrogens (tertiary/aromatic N) is 1. The van der Waals surface area contributed by atoms with Crippen molar-refractivity contribution in [3.63, 3.8) is 0 Å². The average Bonchev–Trinajstić information content (AvgIpc) is 2.28. The van der Waals surface area contributed by atoms with E-state index < -0.39 is 0 Å². The Morgan fingerprint density at radius 1 is 1.12 bits per heavy atom. The number of hydrogen-bond donors (Lipinski definition) is 0. The fraction of sp³-hybridized carbons (Fsp3) is 0.571. The third kappa shape index (κ3) is 3.51. The third-order valence-electron chi connectivity index (χ3n) is 2.71. The van der Waals surface area contributed by atoms with E-state index in [0.717, 1.165) is 18.4 Å². The van der Waals surface area contributed by atoms with Crippen LogP contribution in [-0.2, 0) is 5.33 Å². The number of aryl methyl sites for hydroxylation is 1. The Morgan fingerprint density at radius 3 is 2.25 bits per heavy atom. The average molecular weight is 284 g/mol. The lowest BCUT2D eigenvalue weighted by Gasteiger charge is -2.26. The first-order valence-electron chi connectivity index (χ1n) is 6.13. The molecule has 0 heterocycles. The van der Waals surface area contributed by atoms with Crippen LogP contribution in [0.5, 0.6) is 0 Å². The van der Waals surface area contributed by atoms with E-state index >= 15 is 0 Å². The number of rotatable bonds is 6. The van der Waals surface area contributed by atoms with Gasteiger partial charge in [0.2, 0.25) is 0 Å². The van der Waals surface area contributed by atoms with Crippen LogP contribution in [-0.4, -0.2) is 13.1 Å². The molecule has 16 heavy (non-hydrogen) atoms. The molecule has 0 aliphatic carbocycles. The Hall–Kier alpha value is -0.500. The van der Waals surface area contributed by atoms with E-state index in [0.29, 0.717) is 0 Å². The summed E-state index contributed by atoms with van der Waals surface area (Å²) in [5, 5.41) is 0.938. The summed E-state index contributed by atoms with van der Waals surface area (Å²) >= 11 is 3.59. The Labute approximate surface area is 108 Å². The number of alkyl halides is 1. The van der Waals surface area contributed by atoms with Crippen LogP contribution in [0.3, 0.4) is 0 Å². The zero-order valence-corrected chi connectivity index (χ0v) is 12.2. The summed E-state index contributed by atoms with van der Waals surface area (Å²) in [6.45, 7) is 8.93. The van der Waals surface area contributed by atoms with Gasteiger partial charge < -0.3 is 4.90 Å². The molecule has 0 fully saturated rings. The molecule has 0 saturated carbocycles. The minimum atomic E-state index is 0.938. The predicted octanol–water partition coefficient (Wildman–Crippen LogP) is 4.52. The second kappa shape index (κ2) is 6.95. The zero-order valence-electron chi connectivity index (χ0n) is 10.6. The van der Waals surface area contributed by atoms with Crippen LogP contribution in [0.2, 0.25) is 0 Å². The molecule has 0 aliphatic heterocycles. The summed E-state index contributed by atoms with van der Waals surface area (Å²) in [6.07, 6.45) is 2.41. The van der Waals surface area contributed by atoms with Crippen LogP contribution >= 0.6 is 15.9 Å². The maximum absolute atomic E-state index is 3.59. The molecule has 0 atom stereocenters. The van der Waals surface area contributed by atoms with Gasteiger partial charge in [0, 0.05) is 24.1 Å². The monoisotopic (exact) mass is 283 g/mol. The van der Waals surface area contributed by atoms with Crippen molar-refractivity contribution in [3.8, 4) is 0 Å². The SMILES string of the molecule is CCCN(CCC)c1ccc(C)cc1CBr. The van der Waals surface area contributed by atoms with Gasteiger partial charge in [0.05, 0.1) is 0 Å². The molecule has 1 nitrogen and oxygen atoms in total. The summed E-state index contributed by atoms with van der Waals surface area (Å²) in [7, 11) is 0. The van der Waals surface area contributed by atoms with Crippen LogP contribution in [0.1, 0.15) is 37.8 Å². The van der Waals surface area contributed by atoms with Crippen LogP contribution in [0.25, 0.3) is 0 Å². The maximum Gasteiger partial charge on any atom is 0.0407 e. The van der Waals surface area contributed by atoms with Crippen molar-refractivity contribution in [1.82, 2.24) is 0 Å². The van der Waals surface area contributed by atoms with E-state index in [2.05, 4.69) is 59.8 Å². The molecule has 90 valence electrons. The lowest BCUT2D eigenvalue weighted by molar-refractivity contribution is 0.742. The minimum Gasteiger partial charge on any atom is -0.371 e. The number of benzene rings is 1. The summed E-state index contributed by atoms with van der Waals surface area (Å²) < 4.78 is 0. The summed E-state index contributed by atoms with van der Waals surface area (Å²) in [4.78, 5) is 2.50. The first kappa shape index (κ1) is 13.6. The van der Waals surface area contributed by atoms with Crippen molar-refractivity contribution < 1.29 is 0 Å². The summed E-state index contributed by atoms with van der Waals surface area (Å²) in [5.74, 6) is 0. The fourth-order valence-electron chi connectivity index (χ4n) is 2.02. The summed E-state index contributed by atoms with van der Waals surface area (Å²) in [5.41, 5.74) is 4.14. The molecule has 1 rings (SSSR count). The number of hydrogen-bond acceptors (Lipinski definition) is 1. The van der Waals surface area contributed by atoms with Gasteiger partial charge in [0.15, 0.2) is 0 Å². The van der Waals surface area contributed by atoms with E-state index in [1.165, 1.54) is 29.7 Å². The first-order chi connectivity index (χ1) is 7.72. The zero-order chi connectivity index (χ0) is 12.0. The molecule has 0 saturated heterocycles. The van der Waals surface area contributed by atoms with Crippen molar-refractivity contribution in [1.29, 1.82) is 0 Å². The number of halogens is 1. The normalized spacial score (nSPS) is 10.5. The lowest BCUT2D eigenvalue weighted by atomic mass is 10.1. The highest BCUT2D eigenvalue weighted by atomic mass is 79.9. The predicted molar refractivity (Wildman–Crippen MR) is 76.6 cm³/mol. The van der Waals surface area contributed by atoms with Gasteiger partial charge >= 0.3 is 0 Å². The van der Waals surface area contributed by atoms with Crippen molar-refractivity contribution >= 4 is 21.6 Å². The molecule has 0 bridgehead atoms. The van der Waals surface area contributed by atoms with Crippen molar-refractivity contribution in [2.45, 2.75) is 38.9 Å². The molecule has 0 amide bonds. The third-order valence-corrected chi connectivity index (χ3v) is 3.31. The molecule has 0 aromatic heterocycles. The highest BCUT2D eigenvalue weighted by molar-refractivity contribution is 9.08. The second-order valence-corrected chi connectivity index (χ2v) is 4.81. The molecular formula is C14H22BrN. The van der Waals surface area contributed by atoms with E-state index in [4.69, 9.17) is 0 Å². The van der Waals surface area contributed by atoms with E-state index in [1.54, 1.807) is 0 Å². The molecule has 0 N–H and O–H groups in total. The molecule has 0 unspecified atom stereocenters. The topological polar surface area (TPSA) is 3.24 Å². The van der Waals surface area contributed by atoms with Gasteiger partial charge in [-0.1, -0.05) is 47.5 Å².